The Labute approximate surface area is 137 Å². The molecule has 0 bridgehead atoms. The van der Waals surface area contributed by atoms with Crippen molar-refractivity contribution in [3.05, 3.63) is 0 Å². The molecule has 1 aliphatic rings. The molecule has 0 aromatic heterocycles. The fourth-order valence-electron chi connectivity index (χ4n) is 2.74. The van der Waals surface area contributed by atoms with Crippen molar-refractivity contribution in [2.24, 2.45) is 17.3 Å². The van der Waals surface area contributed by atoms with E-state index < -0.39 is 8.60 Å². The molecule has 0 aromatic carbocycles. The molecule has 0 N–H and O–H groups in total. The number of ketones is 1. The number of hydrogen-bond donors (Lipinski definition) is 0. The van der Waals surface area contributed by atoms with Crippen molar-refractivity contribution >= 4 is 14.4 Å². The fraction of sp³-hybridized carbons (Fsp3) is 0.941. The summed E-state index contributed by atoms with van der Waals surface area (Å²) in [6.07, 6.45) is 1.87. The van der Waals surface area contributed by atoms with E-state index in [0.29, 0.717) is 37.9 Å². The molecule has 0 radical (unpaired) electrons. The minimum absolute atomic E-state index is 0.0404. The molecule has 22 heavy (non-hydrogen) atoms. The van der Waals surface area contributed by atoms with Gasteiger partial charge in [-0.1, -0.05) is 48.5 Å². The fourth-order valence-corrected chi connectivity index (χ4v) is 4.62. The first kappa shape index (κ1) is 20.0. The van der Waals surface area contributed by atoms with E-state index in [1.165, 1.54) is 0 Å². The van der Waals surface area contributed by atoms with Crippen LogP contribution in [0.1, 0.15) is 67.7 Å². The third-order valence-corrected chi connectivity index (χ3v) is 5.68. The van der Waals surface area contributed by atoms with Gasteiger partial charge in [-0.2, -0.15) is 0 Å². The normalized spacial score (nSPS) is 19.9. The highest BCUT2D eigenvalue weighted by Crippen LogP contribution is 2.53. The Bertz CT molecular complexity index is 348. The third kappa shape index (κ3) is 5.26. The number of carbonyl (C=O) groups is 1. The van der Waals surface area contributed by atoms with Gasteiger partial charge in [0.1, 0.15) is 5.78 Å². The maximum atomic E-state index is 11.8. The van der Waals surface area contributed by atoms with Crippen LogP contribution in [0.4, 0.5) is 0 Å². The Balaban J connectivity index is 2.79. The van der Waals surface area contributed by atoms with Crippen molar-refractivity contribution in [1.29, 1.82) is 0 Å². The summed E-state index contributed by atoms with van der Waals surface area (Å²) in [5.41, 5.74) is -0.337. The zero-order valence-corrected chi connectivity index (χ0v) is 16.2. The Kier molecular flexibility index (Phi) is 7.45. The highest BCUT2D eigenvalue weighted by atomic mass is 31.2. The van der Waals surface area contributed by atoms with Gasteiger partial charge in [0.15, 0.2) is 0 Å². The molecule has 0 aromatic rings. The Morgan fingerprint density at radius 3 is 2.09 bits per heavy atom. The first-order chi connectivity index (χ1) is 10.1. The highest BCUT2D eigenvalue weighted by molar-refractivity contribution is 7.41. The van der Waals surface area contributed by atoms with E-state index in [4.69, 9.17) is 13.6 Å². The van der Waals surface area contributed by atoms with E-state index in [-0.39, 0.29) is 16.8 Å². The second-order valence-electron chi connectivity index (χ2n) is 7.68. The molecular weight excluding hydrogens is 299 g/mol. The number of rotatable bonds is 8. The van der Waals surface area contributed by atoms with Gasteiger partial charge in [0, 0.05) is 18.3 Å². The third-order valence-electron chi connectivity index (χ3n) is 4.51. The lowest BCUT2D eigenvalue weighted by Gasteiger charge is -2.44. The quantitative estimate of drug-likeness (QED) is 0.579. The van der Waals surface area contributed by atoms with Gasteiger partial charge in [0.2, 0.25) is 0 Å². The molecule has 4 nitrogen and oxygen atoms in total. The van der Waals surface area contributed by atoms with Crippen LogP contribution in [-0.4, -0.2) is 24.6 Å². The van der Waals surface area contributed by atoms with Crippen LogP contribution in [0.2, 0.25) is 0 Å². The van der Waals surface area contributed by atoms with E-state index in [9.17, 15) is 4.79 Å². The van der Waals surface area contributed by atoms with Crippen LogP contribution in [0.15, 0.2) is 0 Å². The summed E-state index contributed by atoms with van der Waals surface area (Å²) in [5, 5.41) is 0. The molecule has 1 rings (SSSR count). The molecule has 0 atom stereocenters. The van der Waals surface area contributed by atoms with Crippen LogP contribution in [0, 0.1) is 17.3 Å². The largest absolute Gasteiger partial charge is 0.333 e. The first-order valence-corrected chi connectivity index (χ1v) is 9.49. The molecule has 1 aliphatic heterocycles. The molecule has 5 heteroatoms. The van der Waals surface area contributed by atoms with Crippen LogP contribution in [0.25, 0.3) is 0 Å². The van der Waals surface area contributed by atoms with Gasteiger partial charge in [0.25, 0.3) is 0 Å². The molecule has 0 unspecified atom stereocenters. The van der Waals surface area contributed by atoms with Gasteiger partial charge < -0.3 is 13.6 Å². The molecule has 1 fully saturated rings. The summed E-state index contributed by atoms with van der Waals surface area (Å²) in [6.45, 7) is 16.1. The van der Waals surface area contributed by atoms with Gasteiger partial charge in [-0.3, -0.25) is 4.79 Å². The zero-order chi connectivity index (χ0) is 17.0. The van der Waals surface area contributed by atoms with Gasteiger partial charge in [-0.15, -0.1) is 0 Å². The number of Topliss-reactive ketones (excluding diaryl/α,β-unsaturated/α-hetero) is 1. The number of carbonyl (C=O) groups excluding carboxylic acids is 1. The van der Waals surface area contributed by atoms with Crippen LogP contribution in [0.3, 0.4) is 0 Å². The van der Waals surface area contributed by atoms with E-state index >= 15 is 0 Å². The standard InChI is InChI=1S/C17H33O4P/c1-8-15(18)9-10-17(13(2)3,14(4)5)21-22-19-11-16(6,7)12-20-22/h13-14H,8-12H2,1-7H3. The van der Waals surface area contributed by atoms with E-state index in [0.717, 1.165) is 6.42 Å². The summed E-state index contributed by atoms with van der Waals surface area (Å²) in [7, 11) is -1.33. The topological polar surface area (TPSA) is 44.8 Å². The lowest BCUT2D eigenvalue weighted by atomic mass is 9.76. The molecule has 0 amide bonds. The molecule has 0 aliphatic carbocycles. The lowest BCUT2D eigenvalue weighted by Crippen LogP contribution is -2.44. The van der Waals surface area contributed by atoms with E-state index in [2.05, 4.69) is 41.5 Å². The van der Waals surface area contributed by atoms with E-state index in [1.807, 2.05) is 6.92 Å². The van der Waals surface area contributed by atoms with Crippen LogP contribution in [-0.2, 0) is 18.4 Å². The second kappa shape index (κ2) is 8.19. The minimum atomic E-state index is -1.33. The molecular formula is C17H33O4P. The zero-order valence-electron chi connectivity index (χ0n) is 15.3. The Hall–Kier alpha value is -0.0200. The average Bonchev–Trinajstić information content (AvgIpc) is 2.44. The monoisotopic (exact) mass is 332 g/mol. The molecule has 1 heterocycles. The average molecular weight is 332 g/mol. The maximum Gasteiger partial charge on any atom is 0.333 e. The first-order valence-electron chi connectivity index (χ1n) is 8.39. The van der Waals surface area contributed by atoms with Crippen molar-refractivity contribution in [3.63, 3.8) is 0 Å². The number of hydrogen-bond acceptors (Lipinski definition) is 4. The lowest BCUT2D eigenvalue weighted by molar-refractivity contribution is -0.121. The molecule has 0 saturated carbocycles. The molecule has 1 saturated heterocycles. The Morgan fingerprint density at radius 1 is 1.18 bits per heavy atom. The van der Waals surface area contributed by atoms with Crippen LogP contribution >= 0.6 is 8.60 Å². The van der Waals surface area contributed by atoms with Crippen molar-refractivity contribution in [1.82, 2.24) is 0 Å². The molecule has 0 spiro atoms. The summed E-state index contributed by atoms with van der Waals surface area (Å²) in [4.78, 5) is 11.8. The highest BCUT2D eigenvalue weighted by Gasteiger charge is 2.43. The molecule has 130 valence electrons. The van der Waals surface area contributed by atoms with Crippen molar-refractivity contribution in [2.75, 3.05) is 13.2 Å². The van der Waals surface area contributed by atoms with Gasteiger partial charge >= 0.3 is 8.60 Å². The second-order valence-corrected chi connectivity index (χ2v) is 8.83. The maximum absolute atomic E-state index is 11.8. The predicted molar refractivity (Wildman–Crippen MR) is 90.6 cm³/mol. The summed E-state index contributed by atoms with van der Waals surface area (Å²) in [6, 6.07) is 0. The SMILES string of the molecule is CCC(=O)CCC(OP1OCC(C)(C)CO1)(C(C)C)C(C)C. The van der Waals surface area contributed by atoms with Crippen molar-refractivity contribution in [2.45, 2.75) is 73.3 Å². The summed E-state index contributed by atoms with van der Waals surface area (Å²) >= 11 is 0. The van der Waals surface area contributed by atoms with Crippen molar-refractivity contribution < 1.29 is 18.4 Å². The minimum Gasteiger partial charge on any atom is -0.312 e. The summed E-state index contributed by atoms with van der Waals surface area (Å²) < 4.78 is 18.0. The Morgan fingerprint density at radius 2 is 1.68 bits per heavy atom. The summed E-state index contributed by atoms with van der Waals surface area (Å²) in [5.74, 6) is 0.872. The van der Waals surface area contributed by atoms with Crippen LogP contribution in [0.5, 0.6) is 0 Å². The van der Waals surface area contributed by atoms with Crippen LogP contribution < -0.4 is 0 Å². The van der Waals surface area contributed by atoms with Crippen molar-refractivity contribution in [3.8, 4) is 0 Å². The van der Waals surface area contributed by atoms with Gasteiger partial charge in [-0.05, 0) is 18.3 Å². The predicted octanol–water partition coefficient (Wildman–Crippen LogP) is 5.11. The smallest absolute Gasteiger partial charge is 0.312 e. The van der Waals surface area contributed by atoms with E-state index in [1.54, 1.807) is 0 Å². The van der Waals surface area contributed by atoms with Gasteiger partial charge in [-0.25, -0.2) is 0 Å². The van der Waals surface area contributed by atoms with Gasteiger partial charge in [0.05, 0.1) is 18.8 Å².